The van der Waals surface area contributed by atoms with Crippen molar-refractivity contribution in [2.75, 3.05) is 0 Å². The second kappa shape index (κ2) is 5.79. The van der Waals surface area contributed by atoms with Crippen LogP contribution in [0.2, 0.25) is 0 Å². The number of nitrogens with zero attached hydrogens (tertiary/aromatic N) is 2. The van der Waals surface area contributed by atoms with E-state index in [-0.39, 0.29) is 10.6 Å². The lowest BCUT2D eigenvalue weighted by Crippen LogP contribution is -2.12. The van der Waals surface area contributed by atoms with Crippen LogP contribution < -0.4 is 5.14 Å². The minimum absolute atomic E-state index is 0.311. The lowest BCUT2D eigenvalue weighted by atomic mass is 10.1. The number of azo groups is 1. The summed E-state index contributed by atoms with van der Waals surface area (Å²) in [5.41, 5.74) is 0.938. The number of aromatic hydroxyl groups is 1. The minimum Gasteiger partial charge on any atom is -0.506 e. The topological polar surface area (TPSA) is 105 Å². The maximum Gasteiger partial charge on any atom is 0.241 e. The summed E-state index contributed by atoms with van der Waals surface area (Å²) in [4.78, 5) is -0.377. The average Bonchev–Trinajstić information content (AvgIpc) is 2.54. The van der Waals surface area contributed by atoms with Crippen LogP contribution in [-0.2, 0) is 10.0 Å². The van der Waals surface area contributed by atoms with Gasteiger partial charge < -0.3 is 5.11 Å². The predicted molar refractivity (Wildman–Crippen MR) is 87.6 cm³/mol. The van der Waals surface area contributed by atoms with Crippen LogP contribution in [0.1, 0.15) is 0 Å². The molecule has 3 aromatic rings. The highest BCUT2D eigenvalue weighted by atomic mass is 32.2. The number of primary sulfonamides is 1. The van der Waals surface area contributed by atoms with E-state index in [2.05, 4.69) is 10.2 Å². The van der Waals surface area contributed by atoms with Gasteiger partial charge in [0.25, 0.3) is 0 Å². The Hall–Kier alpha value is -2.77. The molecule has 116 valence electrons. The van der Waals surface area contributed by atoms with Gasteiger partial charge in [-0.3, -0.25) is 0 Å². The molecule has 0 bridgehead atoms. The lowest BCUT2D eigenvalue weighted by molar-refractivity contribution is 0.465. The van der Waals surface area contributed by atoms with E-state index in [9.17, 15) is 13.5 Å². The molecule has 6 nitrogen and oxygen atoms in total. The van der Waals surface area contributed by atoms with Crippen LogP contribution in [0.4, 0.5) is 11.4 Å². The highest BCUT2D eigenvalue weighted by molar-refractivity contribution is 7.89. The molecule has 3 N–H and O–H groups in total. The summed E-state index contributed by atoms with van der Waals surface area (Å²) in [6, 6.07) is 17.0. The van der Waals surface area contributed by atoms with Crippen LogP contribution in [-0.4, -0.2) is 13.5 Å². The second-order valence-electron chi connectivity index (χ2n) is 4.87. The number of sulfonamides is 1. The zero-order chi connectivity index (χ0) is 16.4. The summed E-state index contributed by atoms with van der Waals surface area (Å²) < 4.78 is 23.3. The second-order valence-corrected chi connectivity index (χ2v) is 6.40. The van der Waals surface area contributed by atoms with Crippen molar-refractivity contribution in [3.63, 3.8) is 0 Å². The summed E-state index contributed by atoms with van der Waals surface area (Å²) in [6.45, 7) is 0. The molecule has 0 fully saturated rings. The fourth-order valence-electron chi connectivity index (χ4n) is 2.22. The largest absolute Gasteiger partial charge is 0.506 e. The Balaban J connectivity index is 2.24. The standard InChI is InChI=1S/C16H13N3O3S/c17-23(21,22)15-10-14(19-18-11-6-2-1-3-7-11)12-8-4-5-9-13(12)16(15)20/h1-10,20H,(H2,17,21,22)/b19-18+. The zero-order valence-electron chi connectivity index (χ0n) is 11.9. The number of nitrogens with two attached hydrogens (primary N) is 1. The van der Waals surface area contributed by atoms with Gasteiger partial charge in [-0.05, 0) is 18.2 Å². The van der Waals surface area contributed by atoms with Crippen LogP contribution in [0.3, 0.4) is 0 Å². The highest BCUT2D eigenvalue weighted by Gasteiger charge is 2.19. The molecule has 0 unspecified atom stereocenters. The van der Waals surface area contributed by atoms with E-state index in [1.165, 1.54) is 6.07 Å². The van der Waals surface area contributed by atoms with Gasteiger partial charge in [0.05, 0.1) is 11.4 Å². The number of fused-ring (bicyclic) bond motifs is 1. The van der Waals surface area contributed by atoms with Crippen molar-refractivity contribution in [2.45, 2.75) is 4.90 Å². The zero-order valence-corrected chi connectivity index (χ0v) is 12.7. The van der Waals surface area contributed by atoms with Crippen molar-refractivity contribution in [1.82, 2.24) is 0 Å². The minimum atomic E-state index is -4.08. The Morgan fingerprint density at radius 1 is 0.870 bits per heavy atom. The van der Waals surface area contributed by atoms with Crippen LogP contribution in [0.5, 0.6) is 5.75 Å². The van der Waals surface area contributed by atoms with Crippen molar-refractivity contribution in [2.24, 2.45) is 15.4 Å². The van der Waals surface area contributed by atoms with Gasteiger partial charge in [-0.2, -0.15) is 5.11 Å². The normalized spacial score (nSPS) is 12.0. The Bertz CT molecular complexity index is 1000. The number of hydrogen-bond acceptors (Lipinski definition) is 5. The number of hydrogen-bond donors (Lipinski definition) is 2. The third-order valence-corrected chi connectivity index (χ3v) is 4.22. The fourth-order valence-corrected chi connectivity index (χ4v) is 2.88. The molecule has 3 aromatic carbocycles. The summed E-state index contributed by atoms with van der Waals surface area (Å²) in [5, 5.41) is 24.5. The van der Waals surface area contributed by atoms with Gasteiger partial charge in [0.2, 0.25) is 10.0 Å². The van der Waals surface area contributed by atoms with Crippen molar-refractivity contribution < 1.29 is 13.5 Å². The molecule has 3 rings (SSSR count). The van der Waals surface area contributed by atoms with Gasteiger partial charge in [-0.1, -0.05) is 42.5 Å². The van der Waals surface area contributed by atoms with Gasteiger partial charge >= 0.3 is 0 Å². The summed E-state index contributed by atoms with van der Waals surface area (Å²) in [6.07, 6.45) is 0. The molecular weight excluding hydrogens is 314 g/mol. The van der Waals surface area contributed by atoms with Gasteiger partial charge in [-0.15, -0.1) is 5.11 Å². The van der Waals surface area contributed by atoms with Gasteiger partial charge in [0.15, 0.2) is 0 Å². The molecule has 0 saturated heterocycles. The van der Waals surface area contributed by atoms with E-state index in [0.717, 1.165) is 0 Å². The molecule has 0 aromatic heterocycles. The van der Waals surface area contributed by atoms with Crippen molar-refractivity contribution in [3.8, 4) is 5.75 Å². The van der Waals surface area contributed by atoms with Crippen LogP contribution >= 0.6 is 0 Å². The molecule has 0 heterocycles. The predicted octanol–water partition coefficient (Wildman–Crippen LogP) is 3.61. The van der Waals surface area contributed by atoms with E-state index in [4.69, 9.17) is 5.14 Å². The summed E-state index contributed by atoms with van der Waals surface area (Å²) >= 11 is 0. The number of benzene rings is 3. The highest BCUT2D eigenvalue weighted by Crippen LogP contribution is 2.38. The molecular formula is C16H13N3O3S. The monoisotopic (exact) mass is 327 g/mol. The van der Waals surface area contributed by atoms with Crippen LogP contribution in [0.25, 0.3) is 10.8 Å². The first-order chi connectivity index (χ1) is 11.0. The SMILES string of the molecule is NS(=O)(=O)c1cc(/N=N/c2ccccc2)c2ccccc2c1O. The summed E-state index contributed by atoms with van der Waals surface area (Å²) in [5.74, 6) is -0.387. The first kappa shape index (κ1) is 15.1. The van der Waals surface area contributed by atoms with Crippen molar-refractivity contribution in [1.29, 1.82) is 0 Å². The average molecular weight is 327 g/mol. The first-order valence-electron chi connectivity index (χ1n) is 6.71. The lowest BCUT2D eigenvalue weighted by Gasteiger charge is -2.08. The van der Waals surface area contributed by atoms with E-state index >= 15 is 0 Å². The molecule has 0 aliphatic rings. The van der Waals surface area contributed by atoms with E-state index in [1.54, 1.807) is 36.4 Å². The van der Waals surface area contributed by atoms with E-state index < -0.39 is 10.0 Å². The molecule has 23 heavy (non-hydrogen) atoms. The number of phenols is 1. The van der Waals surface area contributed by atoms with Gasteiger partial charge in [0.1, 0.15) is 10.6 Å². The van der Waals surface area contributed by atoms with Crippen molar-refractivity contribution in [3.05, 3.63) is 60.7 Å². The Kier molecular flexibility index (Phi) is 3.81. The third-order valence-electron chi connectivity index (χ3n) is 3.30. The molecule has 7 heteroatoms. The summed E-state index contributed by atoms with van der Waals surface area (Å²) in [7, 11) is -4.08. The molecule has 0 amide bonds. The number of phenolic OH excluding ortho intramolecular Hbond substituents is 1. The molecule has 0 aliphatic heterocycles. The fraction of sp³-hybridized carbons (Fsp3) is 0. The molecule has 0 aliphatic carbocycles. The van der Waals surface area contributed by atoms with Crippen LogP contribution in [0, 0.1) is 0 Å². The van der Waals surface area contributed by atoms with Crippen molar-refractivity contribution >= 4 is 32.2 Å². The van der Waals surface area contributed by atoms with Gasteiger partial charge in [-0.25, -0.2) is 13.6 Å². The molecule has 0 radical (unpaired) electrons. The quantitative estimate of drug-likeness (QED) is 0.718. The molecule has 0 saturated carbocycles. The molecule has 0 spiro atoms. The maximum absolute atomic E-state index is 11.7. The van der Waals surface area contributed by atoms with Crippen LogP contribution in [0.15, 0.2) is 75.8 Å². The van der Waals surface area contributed by atoms with E-state index in [1.807, 2.05) is 18.2 Å². The Labute approximate surface area is 133 Å². The van der Waals surface area contributed by atoms with Gasteiger partial charge in [0, 0.05) is 10.8 Å². The molecule has 0 atom stereocenters. The maximum atomic E-state index is 11.7. The third kappa shape index (κ3) is 3.05. The van der Waals surface area contributed by atoms with E-state index in [0.29, 0.717) is 22.1 Å². The first-order valence-corrected chi connectivity index (χ1v) is 8.26. The smallest absolute Gasteiger partial charge is 0.241 e. The Morgan fingerprint density at radius 3 is 2.13 bits per heavy atom. The Morgan fingerprint density at radius 2 is 1.48 bits per heavy atom. The number of rotatable bonds is 3.